The number of amides is 2. The lowest BCUT2D eigenvalue weighted by Gasteiger charge is -2.36. The van der Waals surface area contributed by atoms with Crippen molar-refractivity contribution in [2.45, 2.75) is 117 Å². The van der Waals surface area contributed by atoms with Crippen LogP contribution in [0.1, 0.15) is 87.0 Å². The van der Waals surface area contributed by atoms with Crippen LogP contribution >= 0.6 is 0 Å². The van der Waals surface area contributed by atoms with Gasteiger partial charge in [0.15, 0.2) is 0 Å². The standard InChI is InChI=1S/C17H32N2O3.C16H30N2O4/c1-14-12-15(13-14)21-11-5-6-18-7-9-19(10-8-18)16(20)22-17(2,3)4;1-16(2,3)22-15(20)18-8-6-17(7-9-18)5-4-10-21-14-11-13(19)12-14/h14-15H,5-13H2,1-4H3;13-14,19H,4-12H2,1-3H3. The van der Waals surface area contributed by atoms with Gasteiger partial charge >= 0.3 is 12.2 Å². The van der Waals surface area contributed by atoms with Crippen molar-refractivity contribution in [2.75, 3.05) is 78.7 Å². The number of rotatable bonds is 10. The van der Waals surface area contributed by atoms with Crippen LogP contribution in [0, 0.1) is 5.92 Å². The number of carbonyl (C=O) groups is 2. The molecule has 0 aromatic heterocycles. The number of aliphatic hydroxyl groups excluding tert-OH is 1. The summed E-state index contributed by atoms with van der Waals surface area (Å²) < 4.78 is 22.3. The van der Waals surface area contributed by atoms with Crippen LogP contribution in [0.3, 0.4) is 0 Å². The van der Waals surface area contributed by atoms with Gasteiger partial charge in [-0.05, 0) is 86.0 Å². The third-order valence-electron chi connectivity index (χ3n) is 8.39. The molecule has 11 nitrogen and oxygen atoms in total. The Morgan fingerprint density at radius 1 is 0.636 bits per heavy atom. The smallest absolute Gasteiger partial charge is 0.410 e. The van der Waals surface area contributed by atoms with Crippen molar-refractivity contribution in [1.29, 1.82) is 0 Å². The van der Waals surface area contributed by atoms with Crippen LogP contribution in [0.5, 0.6) is 0 Å². The fourth-order valence-electron chi connectivity index (χ4n) is 5.68. The number of ether oxygens (including phenoxy) is 4. The molecule has 2 aliphatic carbocycles. The van der Waals surface area contributed by atoms with Gasteiger partial charge in [0.25, 0.3) is 0 Å². The number of piperazine rings is 2. The first-order valence-electron chi connectivity index (χ1n) is 17.0. The number of carbonyl (C=O) groups excluding carboxylic acids is 2. The lowest BCUT2D eigenvalue weighted by atomic mass is 9.84. The first kappa shape index (κ1) is 36.8. The van der Waals surface area contributed by atoms with Crippen LogP contribution in [0.15, 0.2) is 0 Å². The highest BCUT2D eigenvalue weighted by molar-refractivity contribution is 5.68. The second-order valence-corrected chi connectivity index (χ2v) is 15.0. The van der Waals surface area contributed by atoms with Gasteiger partial charge in [0.2, 0.25) is 0 Å². The van der Waals surface area contributed by atoms with E-state index >= 15 is 0 Å². The predicted molar refractivity (Wildman–Crippen MR) is 171 cm³/mol. The minimum Gasteiger partial charge on any atom is -0.444 e. The third kappa shape index (κ3) is 14.2. The molecule has 0 aromatic carbocycles. The maximum Gasteiger partial charge on any atom is 0.410 e. The van der Waals surface area contributed by atoms with Crippen molar-refractivity contribution >= 4 is 12.2 Å². The van der Waals surface area contributed by atoms with E-state index in [9.17, 15) is 14.7 Å². The number of nitrogens with zero attached hydrogens (tertiary/aromatic N) is 4. The highest BCUT2D eigenvalue weighted by atomic mass is 16.6. The zero-order valence-corrected chi connectivity index (χ0v) is 28.7. The molecule has 0 bridgehead atoms. The van der Waals surface area contributed by atoms with E-state index in [-0.39, 0.29) is 24.4 Å². The fraction of sp³-hybridized carbons (Fsp3) is 0.939. The van der Waals surface area contributed by atoms with E-state index in [1.165, 1.54) is 12.8 Å². The number of hydrogen-bond acceptors (Lipinski definition) is 9. The predicted octanol–water partition coefficient (Wildman–Crippen LogP) is 4.21. The van der Waals surface area contributed by atoms with Gasteiger partial charge in [-0.1, -0.05) is 6.92 Å². The van der Waals surface area contributed by atoms with Crippen molar-refractivity contribution in [3.8, 4) is 0 Å². The van der Waals surface area contributed by atoms with Gasteiger partial charge in [0, 0.05) is 78.7 Å². The Morgan fingerprint density at radius 3 is 1.32 bits per heavy atom. The van der Waals surface area contributed by atoms with E-state index in [0.29, 0.717) is 6.10 Å². The van der Waals surface area contributed by atoms with Crippen LogP contribution in [0.2, 0.25) is 0 Å². The first-order valence-corrected chi connectivity index (χ1v) is 17.0. The topological polar surface area (TPSA) is 104 Å². The Hall–Kier alpha value is -1.66. The molecule has 0 radical (unpaired) electrons. The SMILES string of the molecule is CC(C)(C)OC(=O)N1CCN(CCCOC2CC(O)C2)CC1.CC1CC(OCCCN2CCN(C(=O)OC(C)(C)C)CC2)C1. The summed E-state index contributed by atoms with van der Waals surface area (Å²) in [6, 6.07) is 0. The molecule has 4 fully saturated rings. The van der Waals surface area contributed by atoms with Crippen molar-refractivity contribution in [3.63, 3.8) is 0 Å². The molecule has 2 aliphatic heterocycles. The van der Waals surface area contributed by atoms with Crippen molar-refractivity contribution < 1.29 is 33.6 Å². The van der Waals surface area contributed by atoms with Gasteiger partial charge in [-0.2, -0.15) is 0 Å². The lowest BCUT2D eigenvalue weighted by Crippen LogP contribution is -2.50. The Balaban J connectivity index is 0.000000240. The largest absolute Gasteiger partial charge is 0.444 e. The molecular weight excluding hydrogens is 564 g/mol. The average Bonchev–Trinajstić information content (AvgIpc) is 2.90. The van der Waals surface area contributed by atoms with Gasteiger partial charge in [0.1, 0.15) is 11.2 Å². The van der Waals surface area contributed by atoms with Gasteiger partial charge < -0.3 is 33.9 Å². The van der Waals surface area contributed by atoms with Gasteiger partial charge in [0.05, 0.1) is 18.3 Å². The van der Waals surface area contributed by atoms with Crippen molar-refractivity contribution in [1.82, 2.24) is 19.6 Å². The quantitative estimate of drug-likeness (QED) is 0.357. The van der Waals surface area contributed by atoms with Crippen LogP contribution in [-0.2, 0) is 18.9 Å². The first-order chi connectivity index (χ1) is 20.7. The minimum atomic E-state index is -0.430. The maximum atomic E-state index is 12.0. The lowest BCUT2D eigenvalue weighted by molar-refractivity contribution is -0.0725. The summed E-state index contributed by atoms with van der Waals surface area (Å²) in [7, 11) is 0. The molecular formula is C33H62N4O7. The molecule has 2 heterocycles. The Bertz CT molecular complexity index is 779. The number of aliphatic hydroxyl groups is 1. The third-order valence-corrected chi connectivity index (χ3v) is 8.39. The van der Waals surface area contributed by atoms with Crippen LogP contribution in [0.25, 0.3) is 0 Å². The van der Waals surface area contributed by atoms with Crippen molar-refractivity contribution in [3.05, 3.63) is 0 Å². The monoisotopic (exact) mass is 626 g/mol. The minimum absolute atomic E-state index is 0.147. The summed E-state index contributed by atoms with van der Waals surface area (Å²) in [5.74, 6) is 0.853. The maximum absolute atomic E-state index is 12.0. The second-order valence-electron chi connectivity index (χ2n) is 15.0. The second kappa shape index (κ2) is 17.3. The summed E-state index contributed by atoms with van der Waals surface area (Å²) in [6.45, 7) is 24.0. The summed E-state index contributed by atoms with van der Waals surface area (Å²) in [6.07, 6.45) is 6.35. The Morgan fingerprint density at radius 2 is 1.00 bits per heavy atom. The molecule has 0 spiro atoms. The summed E-state index contributed by atoms with van der Waals surface area (Å²) >= 11 is 0. The van der Waals surface area contributed by atoms with Crippen LogP contribution in [-0.4, -0.2) is 145 Å². The van der Waals surface area contributed by atoms with Gasteiger partial charge in [-0.3, -0.25) is 9.80 Å². The summed E-state index contributed by atoms with van der Waals surface area (Å²) in [5, 5.41) is 9.19. The zero-order chi connectivity index (χ0) is 32.3. The molecule has 1 N–H and O–H groups in total. The molecule has 2 amide bonds. The summed E-state index contributed by atoms with van der Waals surface area (Å²) in [4.78, 5) is 32.3. The van der Waals surface area contributed by atoms with E-state index in [0.717, 1.165) is 110 Å². The van der Waals surface area contributed by atoms with Gasteiger partial charge in [-0.25, -0.2) is 9.59 Å². The fourth-order valence-corrected chi connectivity index (χ4v) is 5.68. The van der Waals surface area contributed by atoms with E-state index in [1.807, 2.05) is 46.4 Å². The van der Waals surface area contributed by atoms with Gasteiger partial charge in [-0.15, -0.1) is 0 Å². The normalized spacial score (nSPS) is 26.6. The number of hydrogen-bond donors (Lipinski definition) is 1. The molecule has 0 aromatic rings. The highest BCUT2D eigenvalue weighted by Crippen LogP contribution is 2.29. The summed E-state index contributed by atoms with van der Waals surface area (Å²) in [5.41, 5.74) is -0.842. The highest BCUT2D eigenvalue weighted by Gasteiger charge is 2.29. The van der Waals surface area contributed by atoms with Crippen molar-refractivity contribution in [2.24, 2.45) is 5.92 Å². The molecule has 11 heteroatoms. The average molecular weight is 627 g/mol. The zero-order valence-electron chi connectivity index (χ0n) is 28.7. The van der Waals surface area contributed by atoms with E-state index < -0.39 is 11.2 Å². The molecule has 4 aliphatic rings. The molecule has 2 saturated heterocycles. The van der Waals surface area contributed by atoms with Crippen LogP contribution in [0.4, 0.5) is 9.59 Å². The van der Waals surface area contributed by atoms with E-state index in [2.05, 4.69) is 16.7 Å². The molecule has 0 atom stereocenters. The molecule has 0 unspecified atom stereocenters. The molecule has 4 rings (SSSR count). The molecule has 2 saturated carbocycles. The van der Waals surface area contributed by atoms with E-state index in [4.69, 9.17) is 18.9 Å². The Kier molecular flexibility index (Phi) is 14.5. The van der Waals surface area contributed by atoms with Crippen LogP contribution < -0.4 is 0 Å². The molecule has 256 valence electrons. The van der Waals surface area contributed by atoms with E-state index in [1.54, 1.807) is 4.90 Å². The Labute approximate surface area is 266 Å². The molecule has 44 heavy (non-hydrogen) atoms.